The summed E-state index contributed by atoms with van der Waals surface area (Å²) in [6.45, 7) is 2.58. The van der Waals surface area contributed by atoms with Crippen LogP contribution in [0.1, 0.15) is 36.0 Å². The van der Waals surface area contributed by atoms with Crippen LogP contribution in [-0.2, 0) is 0 Å². The van der Waals surface area contributed by atoms with Gasteiger partial charge in [-0.05, 0) is 56.8 Å². The zero-order chi connectivity index (χ0) is 14.8. The molecule has 0 aromatic heterocycles. The Kier molecular flexibility index (Phi) is 4.19. The Morgan fingerprint density at radius 2 is 1.90 bits per heavy atom. The highest BCUT2D eigenvalue weighted by Gasteiger charge is 2.35. The van der Waals surface area contributed by atoms with Crippen molar-refractivity contribution in [2.24, 2.45) is 5.92 Å². The predicted molar refractivity (Wildman–Crippen MR) is 76.0 cm³/mol. The van der Waals surface area contributed by atoms with Gasteiger partial charge in [-0.25, -0.2) is 8.78 Å². The molecule has 5 heteroatoms. The quantitative estimate of drug-likeness (QED) is 0.925. The van der Waals surface area contributed by atoms with Gasteiger partial charge in [0.05, 0.1) is 5.56 Å². The first-order valence-corrected chi connectivity index (χ1v) is 7.62. The summed E-state index contributed by atoms with van der Waals surface area (Å²) in [4.78, 5) is 14.3. The molecule has 1 amide bonds. The summed E-state index contributed by atoms with van der Waals surface area (Å²) < 4.78 is 27.2. The minimum absolute atomic E-state index is 0.143. The number of nitrogens with zero attached hydrogens (tertiary/aromatic N) is 1. The molecule has 1 aromatic carbocycles. The SMILES string of the molecule is O=C(c1cccc(F)c1F)N(CC1CCNCC1)C1CC1. The Balaban J connectivity index is 1.76. The van der Waals surface area contributed by atoms with Crippen molar-refractivity contribution in [3.63, 3.8) is 0 Å². The third kappa shape index (κ3) is 3.23. The van der Waals surface area contributed by atoms with Crippen LogP contribution in [0.3, 0.4) is 0 Å². The lowest BCUT2D eigenvalue weighted by atomic mass is 9.97. The van der Waals surface area contributed by atoms with Crippen molar-refractivity contribution in [1.82, 2.24) is 10.2 Å². The van der Waals surface area contributed by atoms with Crippen LogP contribution in [0.15, 0.2) is 18.2 Å². The number of hydrogen-bond donors (Lipinski definition) is 1. The van der Waals surface area contributed by atoms with Gasteiger partial charge < -0.3 is 10.2 Å². The summed E-state index contributed by atoms with van der Waals surface area (Å²) in [5, 5.41) is 3.30. The largest absolute Gasteiger partial charge is 0.335 e. The lowest BCUT2D eigenvalue weighted by Gasteiger charge is -2.30. The highest BCUT2D eigenvalue weighted by atomic mass is 19.2. The highest BCUT2D eigenvalue weighted by molar-refractivity contribution is 5.95. The monoisotopic (exact) mass is 294 g/mol. The fraction of sp³-hybridized carbons (Fsp3) is 0.562. The summed E-state index contributed by atoms with van der Waals surface area (Å²) in [6, 6.07) is 4.01. The highest BCUT2D eigenvalue weighted by Crippen LogP contribution is 2.31. The zero-order valence-electron chi connectivity index (χ0n) is 11.9. The van der Waals surface area contributed by atoms with Crippen molar-refractivity contribution in [2.75, 3.05) is 19.6 Å². The number of halogens is 2. The number of carbonyl (C=O) groups is 1. The van der Waals surface area contributed by atoms with Gasteiger partial charge in [-0.2, -0.15) is 0 Å². The van der Waals surface area contributed by atoms with Gasteiger partial charge in [-0.3, -0.25) is 4.79 Å². The van der Waals surface area contributed by atoms with Crippen LogP contribution in [0.5, 0.6) is 0 Å². The molecule has 0 bridgehead atoms. The van der Waals surface area contributed by atoms with Gasteiger partial charge in [0.15, 0.2) is 11.6 Å². The fourth-order valence-corrected chi connectivity index (χ4v) is 2.95. The van der Waals surface area contributed by atoms with Gasteiger partial charge in [0, 0.05) is 12.6 Å². The van der Waals surface area contributed by atoms with Crippen molar-refractivity contribution in [2.45, 2.75) is 31.7 Å². The number of nitrogens with one attached hydrogen (secondary N) is 1. The Hall–Kier alpha value is -1.49. The van der Waals surface area contributed by atoms with Gasteiger partial charge in [-0.15, -0.1) is 0 Å². The van der Waals surface area contributed by atoms with E-state index < -0.39 is 11.6 Å². The van der Waals surface area contributed by atoms with E-state index in [9.17, 15) is 13.6 Å². The van der Waals surface area contributed by atoms with Crippen molar-refractivity contribution >= 4 is 5.91 Å². The first kappa shape index (κ1) is 14.4. The van der Waals surface area contributed by atoms with E-state index >= 15 is 0 Å². The molecule has 2 fully saturated rings. The van der Waals surface area contributed by atoms with Crippen molar-refractivity contribution < 1.29 is 13.6 Å². The van der Waals surface area contributed by atoms with E-state index in [-0.39, 0.29) is 17.5 Å². The Morgan fingerprint density at radius 3 is 2.57 bits per heavy atom. The molecular weight excluding hydrogens is 274 g/mol. The molecule has 114 valence electrons. The van der Waals surface area contributed by atoms with Crippen molar-refractivity contribution in [1.29, 1.82) is 0 Å². The second kappa shape index (κ2) is 6.10. The first-order chi connectivity index (χ1) is 10.2. The molecular formula is C16H20F2N2O. The van der Waals surface area contributed by atoms with Crippen LogP contribution >= 0.6 is 0 Å². The summed E-state index contributed by atoms with van der Waals surface area (Å²) >= 11 is 0. The molecule has 1 heterocycles. The second-order valence-corrected chi connectivity index (χ2v) is 5.98. The summed E-state index contributed by atoms with van der Waals surface area (Å²) in [6.07, 6.45) is 3.99. The van der Waals surface area contributed by atoms with Gasteiger partial charge in [-0.1, -0.05) is 6.07 Å². The molecule has 1 aliphatic carbocycles. The van der Waals surface area contributed by atoms with Gasteiger partial charge in [0.1, 0.15) is 0 Å². The molecule has 1 aliphatic heterocycles. The molecule has 1 saturated heterocycles. The normalized spacial score (nSPS) is 19.5. The van der Waals surface area contributed by atoms with E-state index in [0.29, 0.717) is 12.5 Å². The first-order valence-electron chi connectivity index (χ1n) is 7.62. The number of amides is 1. The lowest BCUT2D eigenvalue weighted by molar-refractivity contribution is 0.0696. The number of benzene rings is 1. The number of carbonyl (C=O) groups excluding carboxylic acids is 1. The molecule has 3 nitrogen and oxygen atoms in total. The summed E-state index contributed by atoms with van der Waals surface area (Å²) in [7, 11) is 0. The maximum atomic E-state index is 13.8. The second-order valence-electron chi connectivity index (χ2n) is 5.98. The van der Waals surface area contributed by atoms with E-state index in [1.54, 1.807) is 4.90 Å². The molecule has 0 atom stereocenters. The number of piperidine rings is 1. The van der Waals surface area contributed by atoms with Gasteiger partial charge in [0.2, 0.25) is 0 Å². The lowest BCUT2D eigenvalue weighted by Crippen LogP contribution is -2.41. The standard InChI is InChI=1S/C16H20F2N2O/c17-14-3-1-2-13(15(14)18)16(21)20(12-4-5-12)10-11-6-8-19-9-7-11/h1-3,11-12,19H,4-10H2. The van der Waals surface area contributed by atoms with E-state index in [4.69, 9.17) is 0 Å². The molecule has 1 aromatic rings. The average Bonchev–Trinajstić information content (AvgIpc) is 3.33. The van der Waals surface area contributed by atoms with Gasteiger partial charge >= 0.3 is 0 Å². The predicted octanol–water partition coefficient (Wildman–Crippen LogP) is 2.57. The molecule has 0 spiro atoms. The average molecular weight is 294 g/mol. The van der Waals surface area contributed by atoms with Crippen molar-refractivity contribution in [3.8, 4) is 0 Å². The maximum absolute atomic E-state index is 13.8. The van der Waals surface area contributed by atoms with E-state index in [1.807, 2.05) is 0 Å². The van der Waals surface area contributed by atoms with Crippen LogP contribution in [0.25, 0.3) is 0 Å². The molecule has 0 radical (unpaired) electrons. The Labute approximate surface area is 123 Å². The third-order valence-corrected chi connectivity index (χ3v) is 4.34. The van der Waals surface area contributed by atoms with Crippen LogP contribution in [0.4, 0.5) is 8.78 Å². The minimum Gasteiger partial charge on any atom is -0.335 e. The molecule has 1 saturated carbocycles. The van der Waals surface area contributed by atoms with E-state index in [0.717, 1.165) is 44.8 Å². The topological polar surface area (TPSA) is 32.3 Å². The van der Waals surface area contributed by atoms with Crippen LogP contribution in [-0.4, -0.2) is 36.5 Å². The molecule has 2 aliphatic rings. The number of rotatable bonds is 4. The van der Waals surface area contributed by atoms with Crippen LogP contribution in [0.2, 0.25) is 0 Å². The summed E-state index contributed by atoms with van der Waals surface area (Å²) in [5.74, 6) is -1.91. The fourth-order valence-electron chi connectivity index (χ4n) is 2.95. The van der Waals surface area contributed by atoms with E-state index in [2.05, 4.69) is 5.32 Å². The third-order valence-electron chi connectivity index (χ3n) is 4.34. The summed E-state index contributed by atoms with van der Waals surface area (Å²) in [5.41, 5.74) is -0.143. The zero-order valence-corrected chi connectivity index (χ0v) is 11.9. The Bertz CT molecular complexity index is 525. The van der Waals surface area contributed by atoms with Crippen LogP contribution in [0, 0.1) is 17.6 Å². The minimum atomic E-state index is -1.03. The molecule has 3 rings (SSSR count). The van der Waals surface area contributed by atoms with Crippen LogP contribution < -0.4 is 5.32 Å². The van der Waals surface area contributed by atoms with Crippen molar-refractivity contribution in [3.05, 3.63) is 35.4 Å². The van der Waals surface area contributed by atoms with Gasteiger partial charge in [0.25, 0.3) is 5.91 Å². The van der Waals surface area contributed by atoms with E-state index in [1.165, 1.54) is 12.1 Å². The molecule has 0 unspecified atom stereocenters. The molecule has 1 N–H and O–H groups in total. The maximum Gasteiger partial charge on any atom is 0.257 e. The Morgan fingerprint density at radius 1 is 1.19 bits per heavy atom. The molecule has 21 heavy (non-hydrogen) atoms. The smallest absolute Gasteiger partial charge is 0.257 e. The number of hydrogen-bond acceptors (Lipinski definition) is 2.